The lowest BCUT2D eigenvalue weighted by molar-refractivity contribution is -0.384. The number of piperidine rings is 1. The molecule has 20 heavy (non-hydrogen) atoms. The molecule has 1 aromatic rings. The molecule has 2 rings (SSSR count). The smallest absolute Gasteiger partial charge is 0.334 e. The van der Waals surface area contributed by atoms with E-state index in [9.17, 15) is 10.1 Å². The minimum atomic E-state index is -0.311. The molecule has 0 aromatic carbocycles. The Bertz CT molecular complexity index is 499. The summed E-state index contributed by atoms with van der Waals surface area (Å²) in [6, 6.07) is 0.141. The molecule has 1 aliphatic rings. The van der Waals surface area contributed by atoms with Crippen molar-refractivity contribution in [1.82, 2.24) is 9.78 Å². The largest absolute Gasteiger partial charge is 0.347 e. The molecule has 0 amide bonds. The minimum Gasteiger partial charge on any atom is -0.347 e. The van der Waals surface area contributed by atoms with Crippen LogP contribution in [0, 0.1) is 16.0 Å². The van der Waals surface area contributed by atoms with Crippen LogP contribution in [-0.4, -0.2) is 33.8 Å². The quantitative estimate of drug-likeness (QED) is 0.666. The zero-order valence-corrected chi connectivity index (χ0v) is 12.4. The summed E-state index contributed by atoms with van der Waals surface area (Å²) in [5.41, 5.74) is 6.58. The van der Waals surface area contributed by atoms with Crippen LogP contribution >= 0.6 is 0 Å². The van der Waals surface area contributed by atoms with Gasteiger partial charge >= 0.3 is 5.69 Å². The molecule has 0 aliphatic carbocycles. The number of aryl methyl sites for hydroxylation is 2. The zero-order valence-electron chi connectivity index (χ0n) is 12.4. The van der Waals surface area contributed by atoms with Gasteiger partial charge in [-0.1, -0.05) is 13.8 Å². The van der Waals surface area contributed by atoms with E-state index >= 15 is 0 Å². The lowest BCUT2D eigenvalue weighted by Gasteiger charge is -2.40. The van der Waals surface area contributed by atoms with Crippen LogP contribution in [0.3, 0.4) is 0 Å². The fourth-order valence-electron chi connectivity index (χ4n) is 3.18. The lowest BCUT2D eigenvalue weighted by atomic mass is 9.90. The van der Waals surface area contributed by atoms with Crippen LogP contribution in [0.25, 0.3) is 0 Å². The first-order chi connectivity index (χ1) is 9.51. The van der Waals surface area contributed by atoms with Gasteiger partial charge in [-0.3, -0.25) is 10.1 Å². The van der Waals surface area contributed by atoms with E-state index in [4.69, 9.17) is 5.73 Å². The third kappa shape index (κ3) is 2.37. The van der Waals surface area contributed by atoms with Gasteiger partial charge in [0.2, 0.25) is 5.82 Å². The molecule has 1 saturated heterocycles. The lowest BCUT2D eigenvalue weighted by Crippen LogP contribution is -2.49. The Morgan fingerprint density at radius 1 is 1.55 bits per heavy atom. The molecule has 1 fully saturated rings. The van der Waals surface area contributed by atoms with E-state index in [1.54, 1.807) is 11.7 Å². The summed E-state index contributed by atoms with van der Waals surface area (Å²) in [5.74, 6) is 1.04. The number of anilines is 1. The number of nitro groups is 1. The maximum absolute atomic E-state index is 11.4. The third-order valence-electron chi connectivity index (χ3n) is 4.21. The molecule has 112 valence electrons. The average Bonchev–Trinajstić information content (AvgIpc) is 2.75. The number of nitrogens with two attached hydrogens (primary N) is 1. The van der Waals surface area contributed by atoms with Crippen molar-refractivity contribution in [2.45, 2.75) is 39.2 Å². The monoisotopic (exact) mass is 281 g/mol. The highest BCUT2D eigenvalue weighted by Gasteiger charge is 2.36. The first-order valence-corrected chi connectivity index (χ1v) is 7.18. The first kappa shape index (κ1) is 14.8. The van der Waals surface area contributed by atoms with Crippen molar-refractivity contribution in [1.29, 1.82) is 0 Å². The predicted molar refractivity (Wildman–Crippen MR) is 77.8 cm³/mol. The topological polar surface area (TPSA) is 90.2 Å². The molecule has 2 heterocycles. The van der Waals surface area contributed by atoms with Gasteiger partial charge in [-0.15, -0.1) is 0 Å². The Morgan fingerprint density at radius 3 is 2.80 bits per heavy atom. The standard InChI is InChI=1S/C13H23N5O2/c1-4-10-12(18(19)20)13(16(3)15-10)17-7-5-6-9(2)11(17)8-14/h9,11H,4-8,14H2,1-3H3. The third-order valence-corrected chi connectivity index (χ3v) is 4.21. The second-order valence-electron chi connectivity index (χ2n) is 5.47. The summed E-state index contributed by atoms with van der Waals surface area (Å²) in [4.78, 5) is 13.2. The van der Waals surface area contributed by atoms with Gasteiger partial charge in [0.05, 0.1) is 4.92 Å². The molecule has 0 spiro atoms. The van der Waals surface area contributed by atoms with Crippen molar-refractivity contribution in [3.63, 3.8) is 0 Å². The van der Waals surface area contributed by atoms with Crippen LogP contribution in [0.15, 0.2) is 0 Å². The fourth-order valence-corrected chi connectivity index (χ4v) is 3.18. The van der Waals surface area contributed by atoms with E-state index < -0.39 is 0 Å². The molecule has 0 radical (unpaired) electrons. The SMILES string of the molecule is CCc1nn(C)c(N2CCCC(C)C2CN)c1[N+](=O)[O-]. The number of rotatable bonds is 4. The Morgan fingerprint density at radius 2 is 2.25 bits per heavy atom. The average molecular weight is 281 g/mol. The summed E-state index contributed by atoms with van der Waals surface area (Å²) in [6.45, 7) is 5.35. The molecule has 2 N–H and O–H groups in total. The number of aromatic nitrogens is 2. The van der Waals surface area contributed by atoms with Gasteiger partial charge in [0.15, 0.2) is 0 Å². The molecule has 0 bridgehead atoms. The summed E-state index contributed by atoms with van der Waals surface area (Å²) < 4.78 is 1.64. The second-order valence-corrected chi connectivity index (χ2v) is 5.47. The van der Waals surface area contributed by atoms with Crippen molar-refractivity contribution in [2.75, 3.05) is 18.0 Å². The van der Waals surface area contributed by atoms with Crippen LogP contribution in [0.1, 0.15) is 32.4 Å². The van der Waals surface area contributed by atoms with Crippen molar-refractivity contribution in [3.05, 3.63) is 15.8 Å². The van der Waals surface area contributed by atoms with E-state index in [1.165, 1.54) is 0 Å². The molecular weight excluding hydrogens is 258 g/mol. The summed E-state index contributed by atoms with van der Waals surface area (Å²) in [6.07, 6.45) is 2.70. The molecule has 0 saturated carbocycles. The number of hydrogen-bond acceptors (Lipinski definition) is 5. The zero-order chi connectivity index (χ0) is 14.9. The van der Waals surface area contributed by atoms with Crippen LogP contribution in [0.5, 0.6) is 0 Å². The van der Waals surface area contributed by atoms with E-state index in [0.29, 0.717) is 30.4 Å². The van der Waals surface area contributed by atoms with Crippen LogP contribution in [0.2, 0.25) is 0 Å². The highest BCUT2D eigenvalue weighted by Crippen LogP contribution is 2.36. The van der Waals surface area contributed by atoms with Gasteiger partial charge in [-0.05, 0) is 25.2 Å². The minimum absolute atomic E-state index is 0.141. The van der Waals surface area contributed by atoms with Crippen LogP contribution in [-0.2, 0) is 13.5 Å². The van der Waals surface area contributed by atoms with Gasteiger partial charge in [0.1, 0.15) is 5.69 Å². The van der Waals surface area contributed by atoms with Crippen molar-refractivity contribution in [3.8, 4) is 0 Å². The van der Waals surface area contributed by atoms with Crippen molar-refractivity contribution in [2.24, 2.45) is 18.7 Å². The summed E-state index contributed by atoms with van der Waals surface area (Å²) in [5, 5.41) is 15.7. The number of nitrogens with zero attached hydrogens (tertiary/aromatic N) is 4. The molecule has 7 nitrogen and oxygen atoms in total. The Labute approximate surface area is 118 Å². The van der Waals surface area contributed by atoms with Gasteiger partial charge < -0.3 is 10.6 Å². The van der Waals surface area contributed by atoms with E-state index in [2.05, 4.69) is 16.9 Å². The van der Waals surface area contributed by atoms with Crippen molar-refractivity contribution < 1.29 is 4.92 Å². The maximum atomic E-state index is 11.4. The van der Waals surface area contributed by atoms with Gasteiger partial charge in [0, 0.05) is 26.2 Å². The highest BCUT2D eigenvalue weighted by molar-refractivity contribution is 5.62. The molecule has 1 aromatic heterocycles. The Kier molecular flexibility index (Phi) is 4.27. The summed E-state index contributed by atoms with van der Waals surface area (Å²) >= 11 is 0. The van der Waals surface area contributed by atoms with E-state index in [1.807, 2.05) is 6.92 Å². The van der Waals surface area contributed by atoms with E-state index in [0.717, 1.165) is 19.4 Å². The van der Waals surface area contributed by atoms with E-state index in [-0.39, 0.29) is 16.7 Å². The number of hydrogen-bond donors (Lipinski definition) is 1. The fraction of sp³-hybridized carbons (Fsp3) is 0.769. The molecule has 2 atom stereocenters. The Hall–Kier alpha value is -1.63. The van der Waals surface area contributed by atoms with Crippen molar-refractivity contribution >= 4 is 11.5 Å². The van der Waals surface area contributed by atoms with Gasteiger partial charge in [0.25, 0.3) is 0 Å². The molecular formula is C13H23N5O2. The molecule has 1 aliphatic heterocycles. The normalized spacial score (nSPS) is 23.1. The van der Waals surface area contributed by atoms with Gasteiger partial charge in [-0.2, -0.15) is 5.10 Å². The molecule has 2 unspecified atom stereocenters. The maximum Gasteiger partial charge on any atom is 0.334 e. The molecule has 7 heteroatoms. The predicted octanol–water partition coefficient (Wildman–Crippen LogP) is 1.45. The second kappa shape index (κ2) is 5.78. The summed E-state index contributed by atoms with van der Waals surface area (Å²) in [7, 11) is 1.77. The Balaban J connectivity index is 2.50. The van der Waals surface area contributed by atoms with Crippen LogP contribution < -0.4 is 10.6 Å². The van der Waals surface area contributed by atoms with Crippen LogP contribution in [0.4, 0.5) is 11.5 Å². The first-order valence-electron chi connectivity index (χ1n) is 7.18. The highest BCUT2D eigenvalue weighted by atomic mass is 16.6. The van der Waals surface area contributed by atoms with Gasteiger partial charge in [-0.25, -0.2) is 4.68 Å².